The van der Waals surface area contributed by atoms with Crippen LogP contribution >= 0.6 is 0 Å². The number of piperidine rings is 1. The fraction of sp³-hybridized carbons (Fsp3) is 0.593. The van der Waals surface area contributed by atoms with Gasteiger partial charge in [0.15, 0.2) is 0 Å². The maximum atomic E-state index is 13.6. The zero-order chi connectivity index (χ0) is 27.1. The minimum absolute atomic E-state index is 0.103. The molecule has 1 amide bonds. The number of hydrogen-bond donors (Lipinski definition) is 2. The highest BCUT2D eigenvalue weighted by molar-refractivity contribution is 5.76. The lowest BCUT2D eigenvalue weighted by Crippen LogP contribution is -2.46. The third kappa shape index (κ3) is 7.06. The van der Waals surface area contributed by atoms with Crippen molar-refractivity contribution in [2.45, 2.75) is 52.1 Å². The molecule has 2 aromatic rings. The van der Waals surface area contributed by atoms with Crippen LogP contribution < -0.4 is 15.5 Å². The quantitative estimate of drug-likeness (QED) is 0.427. The van der Waals surface area contributed by atoms with Crippen molar-refractivity contribution in [2.24, 2.45) is 0 Å². The number of halogens is 3. The molecule has 1 aromatic carbocycles. The van der Waals surface area contributed by atoms with E-state index < -0.39 is 11.7 Å². The number of likely N-dealkylation sites (tertiary alicyclic amines) is 1. The van der Waals surface area contributed by atoms with Crippen molar-refractivity contribution in [3.8, 4) is 0 Å². The van der Waals surface area contributed by atoms with Crippen LogP contribution in [0.1, 0.15) is 50.7 Å². The van der Waals surface area contributed by atoms with Crippen LogP contribution in [0.25, 0.3) is 0 Å². The molecule has 8 nitrogen and oxygen atoms in total. The molecule has 0 saturated carbocycles. The monoisotopic (exact) mass is 533 g/mol. The number of hydrogen-bond acceptors (Lipinski definition) is 7. The smallest absolute Gasteiger partial charge is 0.369 e. The summed E-state index contributed by atoms with van der Waals surface area (Å²) in [7, 11) is 0. The third-order valence-corrected chi connectivity index (χ3v) is 7.31. The number of carbonyl (C=O) groups is 1. The molecule has 0 unspecified atom stereocenters. The standard InChI is InChI=1S/C27H38F3N7O/c1-3-20-18-21(36-16-14-35(4-2)15-17-36)9-10-23(20)33-26-32-19-22(27(28,29)30)25(34-26)31-11-7-13-37-12-6-5-8-24(37)38/h9-10,18-19H,3-8,11-17H2,1-2H3,(H2,31,32,33,34). The van der Waals surface area contributed by atoms with E-state index in [9.17, 15) is 18.0 Å². The number of amides is 1. The van der Waals surface area contributed by atoms with Gasteiger partial charge in [-0.25, -0.2) is 4.98 Å². The molecule has 2 aliphatic rings. The number of nitrogens with one attached hydrogen (secondary N) is 2. The Morgan fingerprint density at radius 2 is 1.84 bits per heavy atom. The van der Waals surface area contributed by atoms with Crippen molar-refractivity contribution in [3.05, 3.63) is 35.5 Å². The number of alkyl halides is 3. The molecule has 38 heavy (non-hydrogen) atoms. The van der Waals surface area contributed by atoms with E-state index in [0.717, 1.165) is 75.1 Å². The highest BCUT2D eigenvalue weighted by Gasteiger charge is 2.35. The molecule has 4 rings (SSSR count). The van der Waals surface area contributed by atoms with Crippen LogP contribution in [0.15, 0.2) is 24.4 Å². The maximum absolute atomic E-state index is 13.6. The molecule has 2 saturated heterocycles. The average Bonchev–Trinajstić information content (AvgIpc) is 2.92. The summed E-state index contributed by atoms with van der Waals surface area (Å²) in [5.74, 6) is -0.0455. The molecule has 1 aromatic heterocycles. The minimum atomic E-state index is -4.58. The SMILES string of the molecule is CCc1cc(N2CCN(CC)CC2)ccc1Nc1ncc(C(F)(F)F)c(NCCCN2CCCCC2=O)n1. The number of likely N-dealkylation sites (N-methyl/N-ethyl adjacent to an activating group) is 1. The molecule has 0 aliphatic carbocycles. The van der Waals surface area contributed by atoms with Gasteiger partial charge < -0.3 is 25.3 Å². The zero-order valence-electron chi connectivity index (χ0n) is 22.3. The maximum Gasteiger partial charge on any atom is 0.421 e. The summed E-state index contributed by atoms with van der Waals surface area (Å²) in [6.45, 7) is 10.8. The van der Waals surface area contributed by atoms with E-state index in [1.54, 1.807) is 4.90 Å². The van der Waals surface area contributed by atoms with E-state index in [4.69, 9.17) is 0 Å². The predicted octanol–water partition coefficient (Wildman–Crippen LogP) is 4.76. The fourth-order valence-electron chi connectivity index (χ4n) is 4.99. The molecule has 2 aliphatic heterocycles. The molecule has 3 heterocycles. The number of aryl methyl sites for hydroxylation is 1. The number of piperazine rings is 1. The van der Waals surface area contributed by atoms with Gasteiger partial charge in [-0.1, -0.05) is 13.8 Å². The Kier molecular flexibility index (Phi) is 9.30. The number of nitrogens with zero attached hydrogens (tertiary/aromatic N) is 5. The molecule has 2 fully saturated rings. The number of benzene rings is 1. The fourth-order valence-corrected chi connectivity index (χ4v) is 4.99. The lowest BCUT2D eigenvalue weighted by molar-refractivity contribution is -0.137. The van der Waals surface area contributed by atoms with E-state index in [1.807, 2.05) is 19.1 Å². The molecule has 0 spiro atoms. The topological polar surface area (TPSA) is 76.6 Å². The van der Waals surface area contributed by atoms with Gasteiger partial charge in [0.2, 0.25) is 11.9 Å². The molecule has 208 valence electrons. The second-order valence-corrected chi connectivity index (χ2v) is 9.81. The van der Waals surface area contributed by atoms with Crippen LogP contribution in [0.5, 0.6) is 0 Å². The van der Waals surface area contributed by atoms with E-state index in [-0.39, 0.29) is 24.2 Å². The van der Waals surface area contributed by atoms with Crippen LogP contribution in [-0.4, -0.2) is 78.0 Å². The Morgan fingerprint density at radius 3 is 2.53 bits per heavy atom. The second-order valence-electron chi connectivity index (χ2n) is 9.81. The van der Waals surface area contributed by atoms with Gasteiger partial charge in [0.05, 0.1) is 0 Å². The minimum Gasteiger partial charge on any atom is -0.369 e. The second kappa shape index (κ2) is 12.6. The summed E-state index contributed by atoms with van der Waals surface area (Å²) < 4.78 is 40.9. The Labute approximate surface area is 222 Å². The largest absolute Gasteiger partial charge is 0.421 e. The van der Waals surface area contributed by atoms with E-state index in [1.165, 1.54) is 0 Å². The molecule has 0 atom stereocenters. The lowest BCUT2D eigenvalue weighted by atomic mass is 10.1. The number of aromatic nitrogens is 2. The summed E-state index contributed by atoms with van der Waals surface area (Å²) in [4.78, 5) is 26.7. The van der Waals surface area contributed by atoms with Gasteiger partial charge in [-0.3, -0.25) is 4.79 Å². The van der Waals surface area contributed by atoms with Crippen LogP contribution in [0.2, 0.25) is 0 Å². The van der Waals surface area contributed by atoms with Gasteiger partial charge >= 0.3 is 6.18 Å². The van der Waals surface area contributed by atoms with Gasteiger partial charge in [-0.15, -0.1) is 0 Å². The van der Waals surface area contributed by atoms with Crippen LogP contribution in [0.3, 0.4) is 0 Å². The van der Waals surface area contributed by atoms with Crippen molar-refractivity contribution in [1.82, 2.24) is 19.8 Å². The molecule has 11 heteroatoms. The van der Waals surface area contributed by atoms with Crippen LogP contribution in [-0.2, 0) is 17.4 Å². The van der Waals surface area contributed by atoms with Crippen LogP contribution in [0.4, 0.5) is 36.3 Å². The van der Waals surface area contributed by atoms with Crippen molar-refractivity contribution < 1.29 is 18.0 Å². The van der Waals surface area contributed by atoms with Gasteiger partial charge in [0.1, 0.15) is 11.4 Å². The molecule has 2 N–H and O–H groups in total. The first-order valence-corrected chi connectivity index (χ1v) is 13.6. The molecular weight excluding hydrogens is 495 g/mol. The van der Waals surface area contributed by atoms with Crippen molar-refractivity contribution in [3.63, 3.8) is 0 Å². The molecule has 0 bridgehead atoms. The summed E-state index contributed by atoms with van der Waals surface area (Å²) in [6.07, 6.45) is -0.0639. The Morgan fingerprint density at radius 1 is 1.05 bits per heavy atom. The number of anilines is 4. The number of carbonyl (C=O) groups excluding carboxylic acids is 1. The van der Waals surface area contributed by atoms with E-state index in [2.05, 4.69) is 43.4 Å². The predicted molar refractivity (Wildman–Crippen MR) is 144 cm³/mol. The van der Waals surface area contributed by atoms with Gasteiger partial charge in [-0.2, -0.15) is 18.2 Å². The lowest BCUT2D eigenvalue weighted by Gasteiger charge is -2.35. The van der Waals surface area contributed by atoms with Crippen molar-refractivity contribution in [2.75, 3.05) is 67.9 Å². The summed E-state index contributed by atoms with van der Waals surface area (Å²) in [5, 5.41) is 5.96. The van der Waals surface area contributed by atoms with Crippen molar-refractivity contribution in [1.29, 1.82) is 0 Å². The third-order valence-electron chi connectivity index (χ3n) is 7.31. The van der Waals surface area contributed by atoms with E-state index in [0.29, 0.717) is 25.9 Å². The Balaban J connectivity index is 1.44. The first-order valence-electron chi connectivity index (χ1n) is 13.6. The Hall–Kier alpha value is -3.08. The highest BCUT2D eigenvalue weighted by atomic mass is 19.4. The van der Waals surface area contributed by atoms with Gasteiger partial charge in [0.25, 0.3) is 0 Å². The van der Waals surface area contributed by atoms with Gasteiger partial charge in [0, 0.05) is 69.8 Å². The highest BCUT2D eigenvalue weighted by Crippen LogP contribution is 2.34. The number of rotatable bonds is 10. The molecular formula is C27H38F3N7O. The molecule has 0 radical (unpaired) electrons. The zero-order valence-corrected chi connectivity index (χ0v) is 22.3. The Bertz CT molecular complexity index is 1090. The summed E-state index contributed by atoms with van der Waals surface area (Å²) in [6, 6.07) is 6.12. The first kappa shape index (κ1) is 27.9. The normalized spacial score (nSPS) is 17.1. The van der Waals surface area contributed by atoms with Crippen LogP contribution in [0, 0.1) is 0 Å². The van der Waals surface area contributed by atoms with E-state index >= 15 is 0 Å². The van der Waals surface area contributed by atoms with Gasteiger partial charge in [-0.05, 0) is 56.0 Å². The van der Waals surface area contributed by atoms with Crippen molar-refractivity contribution >= 4 is 29.0 Å². The average molecular weight is 534 g/mol. The first-order chi connectivity index (χ1) is 18.3. The summed E-state index contributed by atoms with van der Waals surface area (Å²) >= 11 is 0. The summed E-state index contributed by atoms with van der Waals surface area (Å²) in [5.41, 5.74) is 2.06.